The molecule has 0 saturated heterocycles. The van der Waals surface area contributed by atoms with Gasteiger partial charge in [0.2, 0.25) is 0 Å². The van der Waals surface area contributed by atoms with Crippen molar-refractivity contribution in [3.63, 3.8) is 0 Å². The van der Waals surface area contributed by atoms with Gasteiger partial charge in [0.25, 0.3) is 0 Å². The number of phenols is 1. The summed E-state index contributed by atoms with van der Waals surface area (Å²) < 4.78 is 0. The van der Waals surface area contributed by atoms with E-state index in [1.54, 1.807) is 6.07 Å². The number of hydrogen-bond acceptors (Lipinski definition) is 3. The fraction of sp³-hybridized carbons (Fsp3) is 0.364. The van der Waals surface area contributed by atoms with Crippen molar-refractivity contribution in [2.24, 2.45) is 5.92 Å². The van der Waals surface area contributed by atoms with Crippen LogP contribution in [0.3, 0.4) is 0 Å². The maximum Gasteiger partial charge on any atom is 0.138 e. The van der Waals surface area contributed by atoms with Crippen LogP contribution in [0, 0.1) is 5.92 Å². The quantitative estimate of drug-likeness (QED) is 0.605. The summed E-state index contributed by atoms with van der Waals surface area (Å²) in [6.45, 7) is 6.42. The first kappa shape index (κ1) is 16.1. The fourth-order valence-corrected chi connectivity index (χ4v) is 4.42. The summed E-state index contributed by atoms with van der Waals surface area (Å²) in [4.78, 5) is 2.36. The average molecular weight is 334 g/mol. The number of benzene rings is 2. The summed E-state index contributed by atoms with van der Waals surface area (Å²) in [5.74, 6) is 1.24. The molecule has 0 saturated carbocycles. The van der Waals surface area contributed by atoms with Gasteiger partial charge in [0.15, 0.2) is 0 Å². The highest BCUT2D eigenvalue weighted by Gasteiger charge is 2.38. The summed E-state index contributed by atoms with van der Waals surface area (Å²) in [6, 6.07) is 15.0. The second-order valence-electron chi connectivity index (χ2n) is 6.98. The van der Waals surface area contributed by atoms with E-state index in [1.165, 1.54) is 16.8 Å². The molecule has 0 spiro atoms. The number of aromatic hydroxyl groups is 1. The summed E-state index contributed by atoms with van der Waals surface area (Å²) >= 11 is 0. The Hall–Kier alpha value is -2.42. The van der Waals surface area contributed by atoms with Crippen LogP contribution in [0.25, 0.3) is 0 Å². The van der Waals surface area contributed by atoms with Crippen molar-refractivity contribution >= 4 is 11.4 Å². The minimum absolute atomic E-state index is 0.228. The molecule has 0 radical (unpaired) electrons. The Morgan fingerprint density at radius 1 is 1.08 bits per heavy atom. The molecule has 130 valence electrons. The SMILES string of the molecule is CCN(CC)c1ccc(C2Nc3c(O)cccc3C3C=CCC32)cc1. The van der Waals surface area contributed by atoms with Gasteiger partial charge in [-0.1, -0.05) is 36.4 Å². The molecule has 1 aliphatic heterocycles. The lowest BCUT2D eigenvalue weighted by Gasteiger charge is -2.38. The van der Waals surface area contributed by atoms with Crippen LogP contribution >= 0.6 is 0 Å². The molecule has 2 N–H and O–H groups in total. The Balaban J connectivity index is 1.68. The van der Waals surface area contributed by atoms with E-state index in [4.69, 9.17) is 0 Å². The molecule has 0 bridgehead atoms. The summed E-state index contributed by atoms with van der Waals surface area (Å²) in [6.07, 6.45) is 5.67. The molecule has 1 heterocycles. The minimum Gasteiger partial charge on any atom is -0.506 e. The number of allylic oxidation sites excluding steroid dienone is 2. The Morgan fingerprint density at radius 2 is 1.84 bits per heavy atom. The van der Waals surface area contributed by atoms with Crippen LogP contribution in [-0.4, -0.2) is 18.2 Å². The van der Waals surface area contributed by atoms with Crippen LogP contribution in [0.2, 0.25) is 0 Å². The van der Waals surface area contributed by atoms with E-state index in [9.17, 15) is 5.11 Å². The molecule has 25 heavy (non-hydrogen) atoms. The molecule has 3 nitrogen and oxygen atoms in total. The van der Waals surface area contributed by atoms with Gasteiger partial charge in [-0.05, 0) is 55.5 Å². The number of rotatable bonds is 4. The normalized spacial score (nSPS) is 23.7. The number of nitrogens with zero attached hydrogens (tertiary/aromatic N) is 1. The lowest BCUT2D eigenvalue weighted by Crippen LogP contribution is -2.29. The lowest BCUT2D eigenvalue weighted by molar-refractivity contribution is 0.415. The highest BCUT2D eigenvalue weighted by molar-refractivity contribution is 5.67. The van der Waals surface area contributed by atoms with Gasteiger partial charge in [0, 0.05) is 24.7 Å². The van der Waals surface area contributed by atoms with Gasteiger partial charge >= 0.3 is 0 Å². The molecule has 4 rings (SSSR count). The maximum atomic E-state index is 10.3. The Kier molecular flexibility index (Phi) is 4.16. The maximum absolute atomic E-state index is 10.3. The largest absolute Gasteiger partial charge is 0.506 e. The minimum atomic E-state index is 0.228. The van der Waals surface area contributed by atoms with Crippen molar-refractivity contribution in [2.75, 3.05) is 23.3 Å². The fourth-order valence-electron chi connectivity index (χ4n) is 4.42. The van der Waals surface area contributed by atoms with E-state index in [-0.39, 0.29) is 6.04 Å². The average Bonchev–Trinajstić information content (AvgIpc) is 3.13. The first-order valence-electron chi connectivity index (χ1n) is 9.33. The number of anilines is 2. The molecular formula is C22H26N2O. The number of para-hydroxylation sites is 1. The number of fused-ring (bicyclic) bond motifs is 3. The number of hydrogen-bond donors (Lipinski definition) is 2. The van der Waals surface area contributed by atoms with Crippen molar-refractivity contribution in [3.05, 3.63) is 65.7 Å². The van der Waals surface area contributed by atoms with Crippen molar-refractivity contribution in [2.45, 2.75) is 32.2 Å². The summed E-state index contributed by atoms with van der Waals surface area (Å²) in [7, 11) is 0. The summed E-state index contributed by atoms with van der Waals surface area (Å²) in [5.41, 5.74) is 4.68. The van der Waals surface area contributed by atoms with Crippen molar-refractivity contribution < 1.29 is 5.11 Å². The van der Waals surface area contributed by atoms with Gasteiger partial charge in [0.1, 0.15) is 5.75 Å². The van der Waals surface area contributed by atoms with Crippen LogP contribution in [0.4, 0.5) is 11.4 Å². The first-order valence-corrected chi connectivity index (χ1v) is 9.33. The van der Waals surface area contributed by atoms with E-state index in [0.717, 1.165) is 25.2 Å². The zero-order valence-corrected chi connectivity index (χ0v) is 14.9. The van der Waals surface area contributed by atoms with Crippen molar-refractivity contribution in [1.29, 1.82) is 0 Å². The third kappa shape index (κ3) is 2.68. The number of phenolic OH excluding ortho intramolecular Hbond substituents is 1. The van der Waals surface area contributed by atoms with Crippen LogP contribution < -0.4 is 10.2 Å². The van der Waals surface area contributed by atoms with Gasteiger partial charge in [-0.15, -0.1) is 0 Å². The molecule has 0 amide bonds. The van der Waals surface area contributed by atoms with Crippen LogP contribution in [-0.2, 0) is 0 Å². The summed E-state index contributed by atoms with van der Waals surface area (Å²) in [5, 5.41) is 14.0. The smallest absolute Gasteiger partial charge is 0.138 e. The Morgan fingerprint density at radius 3 is 2.56 bits per heavy atom. The monoisotopic (exact) mass is 334 g/mol. The molecule has 3 heteroatoms. The third-order valence-electron chi connectivity index (χ3n) is 5.76. The molecular weight excluding hydrogens is 308 g/mol. The molecule has 1 aliphatic carbocycles. The van der Waals surface area contributed by atoms with Gasteiger partial charge in [-0.2, -0.15) is 0 Å². The second-order valence-corrected chi connectivity index (χ2v) is 6.98. The zero-order valence-electron chi connectivity index (χ0n) is 14.9. The van der Waals surface area contributed by atoms with Gasteiger partial charge in [-0.25, -0.2) is 0 Å². The van der Waals surface area contributed by atoms with Crippen LogP contribution in [0.1, 0.15) is 43.4 Å². The number of nitrogens with one attached hydrogen (secondary N) is 1. The van der Waals surface area contributed by atoms with E-state index in [2.05, 4.69) is 66.5 Å². The van der Waals surface area contributed by atoms with Crippen LogP contribution in [0.5, 0.6) is 5.75 Å². The zero-order chi connectivity index (χ0) is 17.4. The second kappa shape index (κ2) is 6.47. The topological polar surface area (TPSA) is 35.5 Å². The molecule has 0 aromatic heterocycles. The van der Waals surface area contributed by atoms with Crippen molar-refractivity contribution in [1.82, 2.24) is 0 Å². The van der Waals surface area contributed by atoms with Gasteiger partial charge in [-0.3, -0.25) is 0 Å². The first-order chi connectivity index (χ1) is 12.2. The van der Waals surface area contributed by atoms with Gasteiger partial charge < -0.3 is 15.3 Å². The Bertz CT molecular complexity index is 777. The molecule has 3 unspecified atom stereocenters. The molecule has 0 fully saturated rings. The van der Waals surface area contributed by atoms with E-state index >= 15 is 0 Å². The van der Waals surface area contributed by atoms with E-state index in [1.807, 2.05) is 6.07 Å². The van der Waals surface area contributed by atoms with E-state index in [0.29, 0.717) is 17.6 Å². The predicted octanol–water partition coefficient (Wildman–Crippen LogP) is 5.06. The van der Waals surface area contributed by atoms with Gasteiger partial charge in [0.05, 0.1) is 11.7 Å². The molecule has 3 atom stereocenters. The van der Waals surface area contributed by atoms with Crippen molar-refractivity contribution in [3.8, 4) is 5.75 Å². The standard InChI is InChI=1S/C22H26N2O/c1-3-24(4-2)16-13-11-15(12-14-16)21-18-8-5-7-17(18)19-9-6-10-20(25)22(19)23-21/h5-7,9-14,17-18,21,23,25H,3-4,8H2,1-2H3. The molecule has 2 aliphatic rings. The predicted molar refractivity (Wildman–Crippen MR) is 104 cm³/mol. The molecule has 2 aromatic carbocycles. The third-order valence-corrected chi connectivity index (χ3v) is 5.76. The Labute approximate surface area is 150 Å². The highest BCUT2D eigenvalue weighted by atomic mass is 16.3. The lowest BCUT2D eigenvalue weighted by atomic mass is 9.77. The van der Waals surface area contributed by atoms with E-state index < -0.39 is 0 Å². The highest BCUT2D eigenvalue weighted by Crippen LogP contribution is 2.51. The van der Waals surface area contributed by atoms with Crippen LogP contribution in [0.15, 0.2) is 54.6 Å². The molecule has 2 aromatic rings.